The van der Waals surface area contributed by atoms with Crippen molar-refractivity contribution in [3.05, 3.63) is 134 Å². The smallest absolute Gasteiger partial charge is 0.306 e. The SMILES string of the molecule is CC/C=C\C/C=C\C/C=C\C/C=C\C/C=C\C/C=C\C/C=C\C/C=C\C/C=C\C/C=C\CCCCCCCCC(=O)OC(COC(=O)CCCCCCCCCCCCCCCCCCCCCCCCCCCCC/C=C\CCCCCCCCCC)COP(=O)([O-])OCC[N+](C)(C)C. The number of unbranched alkanes of at least 4 members (excludes halogenated alkanes) is 41. The topological polar surface area (TPSA) is 111 Å². The zero-order chi connectivity index (χ0) is 72.5. The maximum absolute atomic E-state index is 12.9. The van der Waals surface area contributed by atoms with Crippen molar-refractivity contribution in [3.63, 3.8) is 0 Å². The number of phosphoric ester groups is 1. The molecule has 0 N–H and O–H groups in total. The number of carbonyl (C=O) groups excluding carboxylic acids is 2. The van der Waals surface area contributed by atoms with E-state index < -0.39 is 26.5 Å². The third-order valence-electron chi connectivity index (χ3n) is 18.2. The molecular weight excluding hydrogens is 1250 g/mol. The number of carbonyl (C=O) groups is 2. The van der Waals surface area contributed by atoms with Crippen molar-refractivity contribution in [1.82, 2.24) is 0 Å². The average Bonchev–Trinajstić information content (AvgIpc) is 1.02. The van der Waals surface area contributed by atoms with Gasteiger partial charge in [0.1, 0.15) is 19.8 Å². The molecule has 0 heterocycles. The molecule has 0 aromatic heterocycles. The molecule has 0 aliphatic carbocycles. The highest BCUT2D eigenvalue weighted by atomic mass is 31.2. The zero-order valence-corrected chi connectivity index (χ0v) is 66.8. The Morgan fingerprint density at radius 1 is 0.320 bits per heavy atom. The summed E-state index contributed by atoms with van der Waals surface area (Å²) in [7, 11) is 1.15. The van der Waals surface area contributed by atoms with Crippen molar-refractivity contribution in [2.75, 3.05) is 47.5 Å². The van der Waals surface area contributed by atoms with E-state index in [9.17, 15) is 19.0 Å². The number of hydrogen-bond donors (Lipinski definition) is 0. The summed E-state index contributed by atoms with van der Waals surface area (Å²) in [5.74, 6) is -0.844. The minimum Gasteiger partial charge on any atom is -0.756 e. The number of quaternary nitrogens is 1. The molecule has 0 radical (unpaired) electrons. The van der Waals surface area contributed by atoms with E-state index in [2.05, 4.69) is 148 Å². The molecule has 0 aromatic carbocycles. The summed E-state index contributed by atoms with van der Waals surface area (Å²) in [6.45, 7) is 4.14. The van der Waals surface area contributed by atoms with Gasteiger partial charge < -0.3 is 27.9 Å². The Labute approximate surface area is 619 Å². The second kappa shape index (κ2) is 79.3. The molecule has 0 rings (SSSR count). The largest absolute Gasteiger partial charge is 0.756 e. The maximum atomic E-state index is 12.9. The number of esters is 2. The van der Waals surface area contributed by atoms with Crippen LogP contribution in [0.15, 0.2) is 134 Å². The molecule has 10 heteroatoms. The van der Waals surface area contributed by atoms with Crippen molar-refractivity contribution in [3.8, 4) is 0 Å². The number of rotatable bonds is 77. The Kier molecular flexibility index (Phi) is 76.2. The van der Waals surface area contributed by atoms with E-state index in [-0.39, 0.29) is 32.0 Å². The lowest BCUT2D eigenvalue weighted by molar-refractivity contribution is -0.870. The second-order valence-corrected chi connectivity index (χ2v) is 30.5. The molecule has 2 unspecified atom stereocenters. The molecule has 9 nitrogen and oxygen atoms in total. The van der Waals surface area contributed by atoms with Crippen molar-refractivity contribution < 1.29 is 42.1 Å². The zero-order valence-electron chi connectivity index (χ0n) is 65.9. The van der Waals surface area contributed by atoms with Gasteiger partial charge in [0, 0.05) is 12.8 Å². The van der Waals surface area contributed by atoms with E-state index in [4.69, 9.17) is 18.5 Å². The van der Waals surface area contributed by atoms with E-state index in [1.54, 1.807) is 0 Å². The van der Waals surface area contributed by atoms with Gasteiger partial charge in [0.25, 0.3) is 7.82 Å². The van der Waals surface area contributed by atoms with Gasteiger partial charge >= 0.3 is 11.9 Å². The highest BCUT2D eigenvalue weighted by Gasteiger charge is 2.22. The lowest BCUT2D eigenvalue weighted by Crippen LogP contribution is -2.37. The molecule has 0 bridgehead atoms. The Morgan fingerprint density at radius 3 is 0.860 bits per heavy atom. The van der Waals surface area contributed by atoms with Crippen LogP contribution in [0.4, 0.5) is 0 Å². The van der Waals surface area contributed by atoms with E-state index in [0.717, 1.165) is 122 Å². The highest BCUT2D eigenvalue weighted by Crippen LogP contribution is 2.38. The van der Waals surface area contributed by atoms with Crippen molar-refractivity contribution in [2.24, 2.45) is 0 Å². The first-order valence-corrected chi connectivity index (χ1v) is 43.4. The van der Waals surface area contributed by atoms with E-state index in [0.29, 0.717) is 17.4 Å². The van der Waals surface area contributed by atoms with Crippen LogP contribution in [0.25, 0.3) is 0 Å². The fourth-order valence-corrected chi connectivity index (χ4v) is 12.5. The van der Waals surface area contributed by atoms with E-state index in [1.807, 2.05) is 21.1 Å². The number of hydrogen-bond acceptors (Lipinski definition) is 8. The molecule has 0 amide bonds. The Balaban J connectivity index is 4.00. The first-order valence-electron chi connectivity index (χ1n) is 41.9. The van der Waals surface area contributed by atoms with Crippen molar-refractivity contribution >= 4 is 19.8 Å². The first-order chi connectivity index (χ1) is 49.0. The predicted octanol–water partition coefficient (Wildman–Crippen LogP) is 27.7. The summed E-state index contributed by atoms with van der Waals surface area (Å²) >= 11 is 0. The van der Waals surface area contributed by atoms with E-state index >= 15 is 0 Å². The number of phosphoric acid groups is 1. The Morgan fingerprint density at radius 2 is 0.570 bits per heavy atom. The number of nitrogens with zero attached hydrogens (tertiary/aromatic N) is 1. The molecule has 2 atom stereocenters. The van der Waals surface area contributed by atoms with Crippen molar-refractivity contribution in [2.45, 2.75) is 380 Å². The van der Waals surface area contributed by atoms with Gasteiger partial charge in [-0.25, -0.2) is 0 Å². The van der Waals surface area contributed by atoms with Gasteiger partial charge in [-0.15, -0.1) is 0 Å². The molecule has 0 saturated heterocycles. The Bertz CT molecular complexity index is 2160. The molecule has 0 aliphatic heterocycles. The predicted molar refractivity (Wildman–Crippen MR) is 434 cm³/mol. The lowest BCUT2D eigenvalue weighted by atomic mass is 10.0. The minimum absolute atomic E-state index is 0.0387. The van der Waals surface area contributed by atoms with Crippen LogP contribution in [0, 0.1) is 0 Å². The molecule has 576 valence electrons. The highest BCUT2D eigenvalue weighted by molar-refractivity contribution is 7.45. The van der Waals surface area contributed by atoms with Gasteiger partial charge in [0.15, 0.2) is 6.10 Å². The van der Waals surface area contributed by atoms with Crippen LogP contribution < -0.4 is 4.89 Å². The average molecular weight is 1410 g/mol. The minimum atomic E-state index is -4.66. The maximum Gasteiger partial charge on any atom is 0.306 e. The molecule has 0 spiro atoms. The van der Waals surface area contributed by atoms with Gasteiger partial charge in [0.2, 0.25) is 0 Å². The fourth-order valence-electron chi connectivity index (χ4n) is 11.8. The summed E-state index contributed by atoms with van der Waals surface area (Å²) < 4.78 is 34.4. The summed E-state index contributed by atoms with van der Waals surface area (Å²) in [5.41, 5.74) is 0. The van der Waals surface area contributed by atoms with Crippen LogP contribution in [0.2, 0.25) is 0 Å². The van der Waals surface area contributed by atoms with Crippen LogP contribution >= 0.6 is 7.82 Å². The molecule has 0 fully saturated rings. The third kappa shape index (κ3) is 83.1. The summed E-state index contributed by atoms with van der Waals surface area (Å²) in [6.07, 6.45) is 116. The molecule has 0 aliphatic rings. The Hall–Kier alpha value is -3.85. The normalized spacial score (nSPS) is 13.7. The summed E-state index contributed by atoms with van der Waals surface area (Å²) in [4.78, 5) is 38.2. The van der Waals surface area contributed by atoms with Gasteiger partial charge in [-0.1, -0.05) is 379 Å². The van der Waals surface area contributed by atoms with Crippen LogP contribution in [0.5, 0.6) is 0 Å². The van der Waals surface area contributed by atoms with E-state index in [1.165, 1.54) is 218 Å². The third-order valence-corrected chi connectivity index (χ3v) is 19.1. The summed E-state index contributed by atoms with van der Waals surface area (Å²) in [6, 6.07) is 0. The van der Waals surface area contributed by atoms with Gasteiger partial charge in [0.05, 0.1) is 27.7 Å². The fraction of sp³-hybridized carbons (Fsp3) is 0.733. The number of allylic oxidation sites excluding steroid dienone is 22. The monoisotopic (exact) mass is 1410 g/mol. The van der Waals surface area contributed by atoms with Crippen LogP contribution in [-0.2, 0) is 32.7 Å². The van der Waals surface area contributed by atoms with Gasteiger partial charge in [-0.3, -0.25) is 14.2 Å². The number of likely N-dealkylation sites (N-methyl/N-ethyl adjacent to an activating group) is 1. The first kappa shape index (κ1) is 96.2. The lowest BCUT2D eigenvalue weighted by Gasteiger charge is -2.28. The molecule has 0 aromatic rings. The quantitative estimate of drug-likeness (QED) is 0.0195. The van der Waals surface area contributed by atoms with Crippen molar-refractivity contribution in [1.29, 1.82) is 0 Å². The standard InChI is InChI=1S/C90H158NO8P/c1-6-8-10-12-14-16-18-20-22-24-26-28-30-32-34-36-38-40-42-44-45-47-48-50-52-54-56-58-60-62-64-66-68-70-72-74-76-78-80-82-89(92)96-86-88(87-98-100(94,95)97-85-84-91(3,4)5)99-90(93)83-81-79-77-75-73-71-69-67-65-63-61-59-57-55-53-51-49-46-43-41-39-37-35-33-31-29-27-25-23-21-19-17-15-13-11-9-7-2/h9,11,15,17,21,23-24,26-27,29,33,35,39,41,46,49,53,55,59,61,65,67,88H,6-8,10,12-14,16,18-20,22,25,28,30-32,34,36-38,40,42-45,47-48,50-52,54,56-58,60,62-64,66,68-87H2,1-5H3/b11-9-,17-15-,23-21-,26-24-,29-27-,35-33-,41-39-,49-46-,55-53-,61-59-,67-65-. The van der Waals surface area contributed by atoms with Gasteiger partial charge in [-0.05, 0) is 116 Å². The van der Waals surface area contributed by atoms with Crippen LogP contribution in [-0.4, -0.2) is 70.0 Å². The van der Waals surface area contributed by atoms with Gasteiger partial charge in [-0.2, -0.15) is 0 Å². The van der Waals surface area contributed by atoms with Crippen LogP contribution in [0.1, 0.15) is 373 Å². The summed E-state index contributed by atoms with van der Waals surface area (Å²) in [5, 5.41) is 0. The molecular formula is C90H158NO8P. The number of ether oxygens (including phenoxy) is 2. The second-order valence-electron chi connectivity index (χ2n) is 29.1. The molecule has 0 saturated carbocycles. The van der Waals surface area contributed by atoms with Crippen LogP contribution in [0.3, 0.4) is 0 Å². The molecule has 100 heavy (non-hydrogen) atoms.